The van der Waals surface area contributed by atoms with Crippen LogP contribution < -0.4 is 14.2 Å². The monoisotopic (exact) mass is 234 g/mol. The summed E-state index contributed by atoms with van der Waals surface area (Å²) >= 11 is 0. The molecule has 0 fully saturated rings. The first-order chi connectivity index (χ1) is 8.22. The largest absolute Gasteiger partial charge is 0.507 e. The zero-order chi connectivity index (χ0) is 12.4. The lowest BCUT2D eigenvalue weighted by Gasteiger charge is -2.15. The first kappa shape index (κ1) is 11.4. The zero-order valence-electron chi connectivity index (χ0n) is 9.98. The molecule has 0 radical (unpaired) electrons. The van der Waals surface area contributed by atoms with Gasteiger partial charge in [0.2, 0.25) is 5.75 Å². The average molecular weight is 234 g/mol. The van der Waals surface area contributed by atoms with Gasteiger partial charge in [0.15, 0.2) is 11.5 Å². The Balaban J connectivity index is 2.88. The first-order valence-electron chi connectivity index (χ1n) is 5.13. The SMILES string of the molecule is COc1cc2c(O)cccc2c(OC)c1OC. The molecule has 0 aromatic heterocycles. The van der Waals surface area contributed by atoms with Gasteiger partial charge in [0.05, 0.1) is 21.3 Å². The van der Waals surface area contributed by atoms with Crippen molar-refractivity contribution in [3.8, 4) is 23.0 Å². The van der Waals surface area contributed by atoms with Gasteiger partial charge in [-0.15, -0.1) is 0 Å². The molecule has 0 aliphatic carbocycles. The molecule has 4 heteroatoms. The third-order valence-electron chi connectivity index (χ3n) is 2.66. The Hall–Kier alpha value is -2.10. The van der Waals surface area contributed by atoms with Crippen molar-refractivity contribution in [2.45, 2.75) is 0 Å². The number of ether oxygens (including phenoxy) is 3. The number of phenols is 1. The summed E-state index contributed by atoms with van der Waals surface area (Å²) in [5.41, 5.74) is 0. The normalized spacial score (nSPS) is 10.3. The van der Waals surface area contributed by atoms with Crippen LogP contribution in [0.15, 0.2) is 24.3 Å². The van der Waals surface area contributed by atoms with E-state index in [0.29, 0.717) is 22.6 Å². The van der Waals surface area contributed by atoms with Gasteiger partial charge in [-0.1, -0.05) is 12.1 Å². The molecule has 90 valence electrons. The fourth-order valence-electron chi connectivity index (χ4n) is 1.88. The summed E-state index contributed by atoms with van der Waals surface area (Å²) in [7, 11) is 4.65. The lowest BCUT2D eigenvalue weighted by molar-refractivity contribution is 0.327. The Bertz CT molecular complexity index is 549. The third kappa shape index (κ3) is 1.71. The van der Waals surface area contributed by atoms with E-state index in [1.165, 1.54) is 0 Å². The molecule has 0 aliphatic heterocycles. The maximum Gasteiger partial charge on any atom is 0.203 e. The van der Waals surface area contributed by atoms with Crippen LogP contribution in [0.3, 0.4) is 0 Å². The van der Waals surface area contributed by atoms with E-state index in [0.717, 1.165) is 5.39 Å². The highest BCUT2D eigenvalue weighted by Crippen LogP contribution is 2.45. The number of hydrogen-bond donors (Lipinski definition) is 1. The van der Waals surface area contributed by atoms with Crippen molar-refractivity contribution in [3.05, 3.63) is 24.3 Å². The van der Waals surface area contributed by atoms with Gasteiger partial charge in [0, 0.05) is 10.8 Å². The molecule has 0 saturated carbocycles. The van der Waals surface area contributed by atoms with E-state index < -0.39 is 0 Å². The lowest BCUT2D eigenvalue weighted by atomic mass is 10.1. The summed E-state index contributed by atoms with van der Waals surface area (Å²) in [5, 5.41) is 11.3. The molecule has 0 bridgehead atoms. The zero-order valence-corrected chi connectivity index (χ0v) is 9.98. The average Bonchev–Trinajstić information content (AvgIpc) is 2.36. The van der Waals surface area contributed by atoms with Crippen LogP contribution in [0, 0.1) is 0 Å². The van der Waals surface area contributed by atoms with Gasteiger partial charge < -0.3 is 19.3 Å². The number of rotatable bonds is 3. The number of hydrogen-bond acceptors (Lipinski definition) is 4. The highest BCUT2D eigenvalue weighted by molar-refractivity contribution is 5.96. The summed E-state index contributed by atoms with van der Waals surface area (Å²) in [6.45, 7) is 0. The summed E-state index contributed by atoms with van der Waals surface area (Å²) in [4.78, 5) is 0. The van der Waals surface area contributed by atoms with Crippen LogP contribution in [0.5, 0.6) is 23.0 Å². The summed E-state index contributed by atoms with van der Waals surface area (Å²) in [6, 6.07) is 6.96. The Kier molecular flexibility index (Phi) is 2.95. The fraction of sp³-hybridized carbons (Fsp3) is 0.231. The smallest absolute Gasteiger partial charge is 0.203 e. The minimum atomic E-state index is 0.182. The van der Waals surface area contributed by atoms with Gasteiger partial charge in [-0.2, -0.15) is 0 Å². The number of fused-ring (bicyclic) bond motifs is 1. The predicted octanol–water partition coefficient (Wildman–Crippen LogP) is 2.57. The highest BCUT2D eigenvalue weighted by atomic mass is 16.5. The van der Waals surface area contributed by atoms with Crippen LogP contribution in [-0.4, -0.2) is 26.4 Å². The Morgan fingerprint density at radius 3 is 2.18 bits per heavy atom. The van der Waals surface area contributed by atoms with Crippen LogP contribution in [-0.2, 0) is 0 Å². The molecule has 0 unspecified atom stereocenters. The van der Waals surface area contributed by atoms with Crippen LogP contribution in [0.4, 0.5) is 0 Å². The van der Waals surface area contributed by atoms with Gasteiger partial charge in [-0.05, 0) is 12.1 Å². The Labute approximate surface area is 99.3 Å². The van der Waals surface area contributed by atoms with E-state index in [1.807, 2.05) is 6.07 Å². The number of benzene rings is 2. The summed E-state index contributed by atoms with van der Waals surface area (Å²) < 4.78 is 15.8. The van der Waals surface area contributed by atoms with E-state index in [-0.39, 0.29) is 5.75 Å². The van der Waals surface area contributed by atoms with Crippen molar-refractivity contribution in [2.24, 2.45) is 0 Å². The van der Waals surface area contributed by atoms with E-state index in [9.17, 15) is 5.11 Å². The summed E-state index contributed by atoms with van der Waals surface area (Å²) in [5.74, 6) is 1.78. The number of phenolic OH excluding ortho intramolecular Hbond substituents is 1. The molecule has 1 N–H and O–H groups in total. The quantitative estimate of drug-likeness (QED) is 0.886. The van der Waals surface area contributed by atoms with Gasteiger partial charge >= 0.3 is 0 Å². The molecule has 0 aliphatic rings. The second kappa shape index (κ2) is 4.41. The van der Waals surface area contributed by atoms with Crippen LogP contribution in [0.25, 0.3) is 10.8 Å². The van der Waals surface area contributed by atoms with Crippen molar-refractivity contribution in [3.63, 3.8) is 0 Å². The third-order valence-corrected chi connectivity index (χ3v) is 2.66. The number of aromatic hydroxyl groups is 1. The molecule has 17 heavy (non-hydrogen) atoms. The highest BCUT2D eigenvalue weighted by Gasteiger charge is 2.16. The first-order valence-corrected chi connectivity index (χ1v) is 5.13. The van der Waals surface area contributed by atoms with E-state index in [2.05, 4.69) is 0 Å². The lowest BCUT2D eigenvalue weighted by Crippen LogP contribution is -1.95. The molecule has 0 heterocycles. The molecule has 0 amide bonds. The van der Waals surface area contributed by atoms with Gasteiger partial charge in [-0.25, -0.2) is 0 Å². The number of methoxy groups -OCH3 is 3. The minimum Gasteiger partial charge on any atom is -0.507 e. The van der Waals surface area contributed by atoms with Crippen molar-refractivity contribution in [2.75, 3.05) is 21.3 Å². The fourth-order valence-corrected chi connectivity index (χ4v) is 1.88. The van der Waals surface area contributed by atoms with Crippen LogP contribution >= 0.6 is 0 Å². The van der Waals surface area contributed by atoms with Crippen molar-refractivity contribution in [1.29, 1.82) is 0 Å². The molecule has 0 atom stereocenters. The van der Waals surface area contributed by atoms with E-state index in [4.69, 9.17) is 14.2 Å². The minimum absolute atomic E-state index is 0.182. The second-order valence-electron chi connectivity index (χ2n) is 3.52. The van der Waals surface area contributed by atoms with Crippen LogP contribution in [0.1, 0.15) is 0 Å². The Morgan fingerprint density at radius 1 is 0.882 bits per heavy atom. The van der Waals surface area contributed by atoms with Crippen molar-refractivity contribution < 1.29 is 19.3 Å². The molecule has 0 saturated heterocycles. The molecular formula is C13H14O4. The molecule has 2 aromatic rings. The van der Waals surface area contributed by atoms with E-state index in [1.54, 1.807) is 39.5 Å². The molecular weight excluding hydrogens is 220 g/mol. The van der Waals surface area contributed by atoms with Gasteiger partial charge in [0.25, 0.3) is 0 Å². The maximum absolute atomic E-state index is 9.82. The molecule has 2 aromatic carbocycles. The standard InChI is InChI=1S/C13H14O4/c1-15-11-7-9-8(5-4-6-10(9)14)12(16-2)13(11)17-3/h4-7,14H,1-3H3. The van der Waals surface area contributed by atoms with Crippen LogP contribution in [0.2, 0.25) is 0 Å². The molecule has 0 spiro atoms. The Morgan fingerprint density at radius 2 is 1.59 bits per heavy atom. The molecule has 2 rings (SSSR count). The molecule has 4 nitrogen and oxygen atoms in total. The van der Waals surface area contributed by atoms with E-state index >= 15 is 0 Å². The summed E-state index contributed by atoms with van der Waals surface area (Å²) in [6.07, 6.45) is 0. The second-order valence-corrected chi connectivity index (χ2v) is 3.52. The predicted molar refractivity (Wildman–Crippen MR) is 65.3 cm³/mol. The van der Waals surface area contributed by atoms with Crippen molar-refractivity contribution >= 4 is 10.8 Å². The topological polar surface area (TPSA) is 47.9 Å². The maximum atomic E-state index is 9.82. The van der Waals surface area contributed by atoms with Gasteiger partial charge in [-0.3, -0.25) is 0 Å². The van der Waals surface area contributed by atoms with Gasteiger partial charge in [0.1, 0.15) is 5.75 Å². The van der Waals surface area contributed by atoms with Crippen molar-refractivity contribution in [1.82, 2.24) is 0 Å².